The van der Waals surface area contributed by atoms with E-state index in [1.54, 1.807) is 0 Å². The van der Waals surface area contributed by atoms with Gasteiger partial charge in [-0.25, -0.2) is 0 Å². The third-order valence-corrected chi connectivity index (χ3v) is 3.25. The minimum atomic E-state index is 0.720. The lowest BCUT2D eigenvalue weighted by atomic mass is 10.1. The first-order valence-electron chi connectivity index (χ1n) is 5.16. The van der Waals surface area contributed by atoms with Gasteiger partial charge in [-0.15, -0.1) is 0 Å². The van der Waals surface area contributed by atoms with Crippen LogP contribution in [0.5, 0.6) is 0 Å². The molecule has 2 nitrogen and oxygen atoms in total. The van der Waals surface area contributed by atoms with Crippen molar-refractivity contribution in [3.63, 3.8) is 0 Å². The smallest absolute Gasteiger partial charge is 0.0250 e. The van der Waals surface area contributed by atoms with Gasteiger partial charge in [0.2, 0.25) is 0 Å². The fourth-order valence-corrected chi connectivity index (χ4v) is 2.66. The predicted octanol–water partition coefficient (Wildman–Crippen LogP) is 0.921. The quantitative estimate of drug-likeness (QED) is 0.679. The molecule has 2 N–H and O–H groups in total. The molecule has 1 saturated carbocycles. The van der Waals surface area contributed by atoms with Crippen molar-refractivity contribution in [1.29, 1.82) is 0 Å². The van der Waals surface area contributed by atoms with Crippen LogP contribution in [-0.2, 0) is 0 Å². The SMILES string of the molecule is CC(C)CN1CC2CC2C1CN. The van der Waals surface area contributed by atoms with Gasteiger partial charge in [0.15, 0.2) is 0 Å². The van der Waals surface area contributed by atoms with E-state index in [1.165, 1.54) is 19.5 Å². The first-order chi connectivity index (χ1) is 5.72. The van der Waals surface area contributed by atoms with Crippen LogP contribution in [0.1, 0.15) is 20.3 Å². The monoisotopic (exact) mass is 168 g/mol. The van der Waals surface area contributed by atoms with Crippen LogP contribution < -0.4 is 5.73 Å². The molecule has 12 heavy (non-hydrogen) atoms. The summed E-state index contributed by atoms with van der Waals surface area (Å²) in [5, 5.41) is 0. The van der Waals surface area contributed by atoms with Crippen molar-refractivity contribution < 1.29 is 0 Å². The van der Waals surface area contributed by atoms with E-state index < -0.39 is 0 Å². The Morgan fingerprint density at radius 3 is 2.83 bits per heavy atom. The van der Waals surface area contributed by atoms with Crippen molar-refractivity contribution in [2.45, 2.75) is 26.3 Å². The van der Waals surface area contributed by atoms with E-state index in [2.05, 4.69) is 18.7 Å². The molecule has 1 saturated heterocycles. The molecule has 3 unspecified atom stereocenters. The maximum Gasteiger partial charge on any atom is 0.0250 e. The number of hydrogen-bond acceptors (Lipinski definition) is 2. The van der Waals surface area contributed by atoms with Crippen LogP contribution >= 0.6 is 0 Å². The highest BCUT2D eigenvalue weighted by atomic mass is 15.2. The summed E-state index contributed by atoms with van der Waals surface area (Å²) in [5.41, 5.74) is 5.78. The van der Waals surface area contributed by atoms with Crippen molar-refractivity contribution in [2.75, 3.05) is 19.6 Å². The fourth-order valence-electron chi connectivity index (χ4n) is 2.66. The largest absolute Gasteiger partial charge is 0.329 e. The molecule has 0 radical (unpaired) electrons. The highest BCUT2D eigenvalue weighted by Gasteiger charge is 2.51. The normalized spacial score (nSPS) is 40.5. The van der Waals surface area contributed by atoms with E-state index >= 15 is 0 Å². The fraction of sp³-hybridized carbons (Fsp3) is 1.00. The first-order valence-corrected chi connectivity index (χ1v) is 5.16. The average Bonchev–Trinajstić information content (AvgIpc) is 2.63. The summed E-state index contributed by atoms with van der Waals surface area (Å²) in [6.07, 6.45) is 1.45. The number of likely N-dealkylation sites (tertiary alicyclic amines) is 1. The minimum Gasteiger partial charge on any atom is -0.329 e. The molecule has 0 aromatic heterocycles. The van der Waals surface area contributed by atoms with Crippen molar-refractivity contribution in [1.82, 2.24) is 4.90 Å². The van der Waals surface area contributed by atoms with Crippen molar-refractivity contribution in [2.24, 2.45) is 23.5 Å². The molecular weight excluding hydrogens is 148 g/mol. The van der Waals surface area contributed by atoms with E-state index in [4.69, 9.17) is 5.73 Å². The van der Waals surface area contributed by atoms with Crippen LogP contribution in [0.15, 0.2) is 0 Å². The van der Waals surface area contributed by atoms with Gasteiger partial charge < -0.3 is 5.73 Å². The lowest BCUT2D eigenvalue weighted by Crippen LogP contribution is -2.40. The Labute approximate surface area is 75.1 Å². The number of hydrogen-bond donors (Lipinski definition) is 1. The van der Waals surface area contributed by atoms with Crippen molar-refractivity contribution in [3.8, 4) is 0 Å². The molecule has 0 spiro atoms. The molecular formula is C10H20N2. The maximum atomic E-state index is 5.78. The van der Waals surface area contributed by atoms with Crippen LogP contribution in [0.25, 0.3) is 0 Å². The zero-order valence-electron chi connectivity index (χ0n) is 8.16. The predicted molar refractivity (Wildman–Crippen MR) is 50.9 cm³/mol. The topological polar surface area (TPSA) is 29.3 Å². The van der Waals surface area contributed by atoms with Crippen molar-refractivity contribution >= 4 is 0 Å². The summed E-state index contributed by atoms with van der Waals surface area (Å²) in [6.45, 7) is 8.02. The minimum absolute atomic E-state index is 0.720. The molecule has 2 aliphatic rings. The summed E-state index contributed by atoms with van der Waals surface area (Å²) in [7, 11) is 0. The summed E-state index contributed by atoms with van der Waals surface area (Å²) >= 11 is 0. The second-order valence-corrected chi connectivity index (χ2v) is 4.81. The number of piperidine rings is 1. The summed E-state index contributed by atoms with van der Waals surface area (Å²) in [4.78, 5) is 2.60. The molecule has 1 heterocycles. The third-order valence-electron chi connectivity index (χ3n) is 3.25. The van der Waals surface area contributed by atoms with Gasteiger partial charge in [0.1, 0.15) is 0 Å². The average molecular weight is 168 g/mol. The molecule has 1 aliphatic carbocycles. The van der Waals surface area contributed by atoms with E-state index in [1.807, 2.05) is 0 Å². The lowest BCUT2D eigenvalue weighted by molar-refractivity contribution is 0.201. The Balaban J connectivity index is 1.89. The van der Waals surface area contributed by atoms with Crippen LogP contribution in [0.3, 0.4) is 0 Å². The first kappa shape index (κ1) is 8.52. The summed E-state index contributed by atoms with van der Waals surface area (Å²) in [5.74, 6) is 2.77. The van der Waals surface area contributed by atoms with Gasteiger partial charge in [0.05, 0.1) is 0 Å². The molecule has 1 aliphatic heterocycles. The van der Waals surface area contributed by atoms with Gasteiger partial charge in [-0.2, -0.15) is 0 Å². The zero-order valence-corrected chi connectivity index (χ0v) is 8.16. The lowest BCUT2D eigenvalue weighted by Gasteiger charge is -2.27. The van der Waals surface area contributed by atoms with E-state index in [0.717, 1.165) is 30.3 Å². The summed E-state index contributed by atoms with van der Waals surface area (Å²) in [6, 6.07) is 0.720. The molecule has 2 heteroatoms. The Bertz CT molecular complexity index is 167. The Morgan fingerprint density at radius 1 is 1.50 bits per heavy atom. The third kappa shape index (κ3) is 1.38. The van der Waals surface area contributed by atoms with Crippen LogP contribution in [0.4, 0.5) is 0 Å². The Morgan fingerprint density at radius 2 is 2.25 bits per heavy atom. The van der Waals surface area contributed by atoms with Gasteiger partial charge in [0, 0.05) is 25.7 Å². The summed E-state index contributed by atoms with van der Waals surface area (Å²) < 4.78 is 0. The van der Waals surface area contributed by atoms with Crippen molar-refractivity contribution in [3.05, 3.63) is 0 Å². The molecule has 0 amide bonds. The standard InChI is InChI=1S/C10H20N2/c1-7(2)5-12-6-8-3-9(8)10(12)4-11/h7-10H,3-6,11H2,1-2H3. The van der Waals surface area contributed by atoms with Gasteiger partial charge in [-0.1, -0.05) is 13.8 Å². The van der Waals surface area contributed by atoms with Gasteiger partial charge in [0.25, 0.3) is 0 Å². The van der Waals surface area contributed by atoms with Crippen LogP contribution in [0.2, 0.25) is 0 Å². The highest BCUT2D eigenvalue weighted by molar-refractivity contribution is 5.04. The maximum absolute atomic E-state index is 5.78. The molecule has 0 aromatic rings. The second-order valence-electron chi connectivity index (χ2n) is 4.81. The molecule has 2 fully saturated rings. The van der Waals surface area contributed by atoms with Gasteiger partial charge in [-0.05, 0) is 24.2 Å². The van der Waals surface area contributed by atoms with E-state index in [9.17, 15) is 0 Å². The molecule has 70 valence electrons. The molecule has 0 bridgehead atoms. The highest BCUT2D eigenvalue weighted by Crippen LogP contribution is 2.49. The number of nitrogens with zero attached hydrogens (tertiary/aromatic N) is 1. The zero-order chi connectivity index (χ0) is 8.72. The molecule has 0 aromatic carbocycles. The number of rotatable bonds is 3. The van der Waals surface area contributed by atoms with Crippen LogP contribution in [0, 0.1) is 17.8 Å². The Kier molecular flexibility index (Phi) is 2.13. The number of fused-ring (bicyclic) bond motifs is 1. The Hall–Kier alpha value is -0.0800. The van der Waals surface area contributed by atoms with Gasteiger partial charge >= 0.3 is 0 Å². The molecule has 3 atom stereocenters. The second kappa shape index (κ2) is 3.00. The van der Waals surface area contributed by atoms with E-state index in [0.29, 0.717) is 0 Å². The van der Waals surface area contributed by atoms with Gasteiger partial charge in [-0.3, -0.25) is 4.90 Å². The van der Waals surface area contributed by atoms with Crippen LogP contribution in [-0.4, -0.2) is 30.6 Å². The van der Waals surface area contributed by atoms with E-state index in [-0.39, 0.29) is 0 Å². The number of nitrogens with two attached hydrogens (primary N) is 1. The molecule has 2 rings (SSSR count).